The number of nitrogens with one attached hydrogen (secondary N) is 2. The summed E-state index contributed by atoms with van der Waals surface area (Å²) in [4.78, 5) is 26.6. The molecule has 0 spiro atoms. The first-order valence-corrected chi connectivity index (χ1v) is 11.6. The Kier molecular flexibility index (Phi) is 8.70. The fraction of sp³-hybridized carbons (Fsp3) is 0.231. The van der Waals surface area contributed by atoms with Gasteiger partial charge in [-0.15, -0.1) is 11.3 Å². The van der Waals surface area contributed by atoms with E-state index >= 15 is 0 Å². The zero-order valence-electron chi connectivity index (χ0n) is 19.6. The van der Waals surface area contributed by atoms with Crippen molar-refractivity contribution in [2.75, 3.05) is 27.4 Å². The molecule has 178 valence electrons. The molecule has 0 bridgehead atoms. The largest absolute Gasteiger partial charge is 0.493 e. The van der Waals surface area contributed by atoms with E-state index in [1.807, 2.05) is 49.6 Å². The van der Waals surface area contributed by atoms with Crippen molar-refractivity contribution in [1.82, 2.24) is 10.6 Å². The third-order valence-electron chi connectivity index (χ3n) is 5.10. The van der Waals surface area contributed by atoms with Gasteiger partial charge in [-0.2, -0.15) is 0 Å². The van der Waals surface area contributed by atoms with Gasteiger partial charge < -0.3 is 24.8 Å². The van der Waals surface area contributed by atoms with E-state index in [0.717, 1.165) is 16.2 Å². The molecule has 1 aromatic heterocycles. The summed E-state index contributed by atoms with van der Waals surface area (Å²) in [5.41, 5.74) is 2.80. The Hall–Kier alpha value is -3.78. The second kappa shape index (κ2) is 11.9. The fourth-order valence-electron chi connectivity index (χ4n) is 3.08. The molecule has 0 aliphatic carbocycles. The smallest absolute Gasteiger partial charge is 0.267 e. The zero-order chi connectivity index (χ0) is 24.5. The monoisotopic (exact) mass is 480 g/mol. The van der Waals surface area contributed by atoms with Gasteiger partial charge in [0.25, 0.3) is 11.8 Å². The summed E-state index contributed by atoms with van der Waals surface area (Å²) in [6.45, 7) is 4.63. The number of carbonyl (C=O) groups excluding carboxylic acids is 2. The second-order valence-electron chi connectivity index (χ2n) is 7.45. The van der Waals surface area contributed by atoms with Crippen molar-refractivity contribution in [2.45, 2.75) is 13.8 Å². The van der Waals surface area contributed by atoms with Crippen LogP contribution in [0.1, 0.15) is 26.4 Å². The minimum Gasteiger partial charge on any atom is -0.493 e. The predicted molar refractivity (Wildman–Crippen MR) is 134 cm³/mol. The van der Waals surface area contributed by atoms with E-state index < -0.39 is 11.8 Å². The standard InChI is InChI=1S/C26H28N2O5S/c1-17-7-9-20(14-18(17)2)33-12-11-27-26(30)22(16-21-6-5-13-34-21)28-25(29)19-8-10-23(31-3)24(15-19)32-4/h5-10,13-16H,11-12H2,1-4H3,(H,27,30)(H,28,29)/b22-16-. The first-order chi connectivity index (χ1) is 16.4. The van der Waals surface area contributed by atoms with Gasteiger partial charge in [0.2, 0.25) is 0 Å². The molecule has 2 aromatic carbocycles. The average molecular weight is 481 g/mol. The molecule has 0 fully saturated rings. The molecule has 0 saturated heterocycles. The highest BCUT2D eigenvalue weighted by atomic mass is 32.1. The number of benzene rings is 2. The van der Waals surface area contributed by atoms with Gasteiger partial charge in [-0.25, -0.2) is 0 Å². The van der Waals surface area contributed by atoms with Crippen LogP contribution in [0.2, 0.25) is 0 Å². The lowest BCUT2D eigenvalue weighted by Gasteiger charge is -2.13. The second-order valence-corrected chi connectivity index (χ2v) is 8.43. The molecule has 0 unspecified atom stereocenters. The molecule has 1 heterocycles. The molecule has 0 aliphatic heterocycles. The van der Waals surface area contributed by atoms with E-state index in [0.29, 0.717) is 23.7 Å². The number of carbonyl (C=O) groups is 2. The van der Waals surface area contributed by atoms with Gasteiger partial charge in [-0.1, -0.05) is 12.1 Å². The van der Waals surface area contributed by atoms with Crippen LogP contribution >= 0.6 is 11.3 Å². The Bertz CT molecular complexity index is 1170. The Labute approximate surface area is 203 Å². The van der Waals surface area contributed by atoms with Crippen LogP contribution in [0.25, 0.3) is 6.08 Å². The number of ether oxygens (including phenoxy) is 3. The highest BCUT2D eigenvalue weighted by molar-refractivity contribution is 7.10. The zero-order valence-corrected chi connectivity index (χ0v) is 20.5. The molecule has 0 saturated carbocycles. The van der Waals surface area contributed by atoms with Crippen LogP contribution < -0.4 is 24.8 Å². The SMILES string of the molecule is COc1ccc(C(=O)N/C(=C\c2cccs2)C(=O)NCCOc2ccc(C)c(C)c2)cc1OC. The van der Waals surface area contributed by atoms with Crippen LogP contribution in [0.5, 0.6) is 17.2 Å². The normalized spacial score (nSPS) is 11.0. The Morgan fingerprint density at radius 3 is 2.44 bits per heavy atom. The number of thiophene rings is 1. The Balaban J connectivity index is 1.66. The van der Waals surface area contributed by atoms with E-state index in [4.69, 9.17) is 14.2 Å². The van der Waals surface area contributed by atoms with E-state index in [2.05, 4.69) is 10.6 Å². The number of aryl methyl sites for hydroxylation is 2. The number of methoxy groups -OCH3 is 2. The van der Waals surface area contributed by atoms with Crippen LogP contribution in [0, 0.1) is 13.8 Å². The molecule has 2 amide bonds. The molecule has 3 aromatic rings. The van der Waals surface area contributed by atoms with Crippen molar-refractivity contribution >= 4 is 29.2 Å². The van der Waals surface area contributed by atoms with E-state index in [-0.39, 0.29) is 12.2 Å². The molecule has 7 nitrogen and oxygen atoms in total. The summed E-state index contributed by atoms with van der Waals surface area (Å²) >= 11 is 1.46. The number of rotatable bonds is 10. The maximum atomic E-state index is 12.9. The Morgan fingerprint density at radius 1 is 0.971 bits per heavy atom. The van der Waals surface area contributed by atoms with Crippen LogP contribution in [-0.4, -0.2) is 39.2 Å². The third kappa shape index (κ3) is 6.62. The molecule has 0 aliphatic rings. The minimum absolute atomic E-state index is 0.133. The van der Waals surface area contributed by atoms with Gasteiger partial charge in [-0.05, 0) is 72.8 Å². The molecule has 3 rings (SSSR count). The minimum atomic E-state index is -0.440. The molecular weight excluding hydrogens is 452 g/mol. The number of hydrogen-bond donors (Lipinski definition) is 2. The first kappa shape index (κ1) is 24.9. The van der Waals surface area contributed by atoms with E-state index in [1.165, 1.54) is 31.1 Å². The number of amides is 2. The first-order valence-electron chi connectivity index (χ1n) is 10.7. The summed E-state index contributed by atoms with van der Waals surface area (Å²) in [6, 6.07) is 14.4. The highest BCUT2D eigenvalue weighted by Gasteiger charge is 2.16. The highest BCUT2D eigenvalue weighted by Crippen LogP contribution is 2.27. The van der Waals surface area contributed by atoms with E-state index in [1.54, 1.807) is 24.3 Å². The summed E-state index contributed by atoms with van der Waals surface area (Å²) in [5.74, 6) is 0.825. The van der Waals surface area contributed by atoms with Crippen molar-refractivity contribution in [1.29, 1.82) is 0 Å². The topological polar surface area (TPSA) is 85.9 Å². The van der Waals surface area contributed by atoms with Crippen molar-refractivity contribution in [3.8, 4) is 17.2 Å². The molecule has 2 N–H and O–H groups in total. The predicted octanol–water partition coefficient (Wildman–Crippen LogP) is 4.35. The summed E-state index contributed by atoms with van der Waals surface area (Å²) < 4.78 is 16.2. The van der Waals surface area contributed by atoms with Crippen LogP contribution in [0.4, 0.5) is 0 Å². The van der Waals surface area contributed by atoms with Crippen LogP contribution in [-0.2, 0) is 4.79 Å². The fourth-order valence-corrected chi connectivity index (χ4v) is 3.74. The maximum Gasteiger partial charge on any atom is 0.267 e. The van der Waals surface area contributed by atoms with Gasteiger partial charge in [0, 0.05) is 10.4 Å². The van der Waals surface area contributed by atoms with Crippen molar-refractivity contribution in [3.63, 3.8) is 0 Å². The molecule has 8 heteroatoms. The molecule has 0 radical (unpaired) electrons. The van der Waals surface area contributed by atoms with Crippen molar-refractivity contribution in [2.24, 2.45) is 0 Å². The van der Waals surface area contributed by atoms with Gasteiger partial charge in [0.05, 0.1) is 20.8 Å². The summed E-state index contributed by atoms with van der Waals surface area (Å²) in [5, 5.41) is 7.41. The van der Waals surface area contributed by atoms with Crippen molar-refractivity contribution in [3.05, 3.63) is 81.2 Å². The van der Waals surface area contributed by atoms with E-state index in [9.17, 15) is 9.59 Å². The van der Waals surface area contributed by atoms with Gasteiger partial charge in [0.15, 0.2) is 11.5 Å². The third-order valence-corrected chi connectivity index (χ3v) is 5.92. The molecular formula is C26H28N2O5S. The lowest BCUT2D eigenvalue weighted by atomic mass is 10.1. The van der Waals surface area contributed by atoms with Gasteiger partial charge in [0.1, 0.15) is 18.1 Å². The van der Waals surface area contributed by atoms with Crippen LogP contribution in [0.3, 0.4) is 0 Å². The van der Waals surface area contributed by atoms with Crippen molar-refractivity contribution < 1.29 is 23.8 Å². The average Bonchev–Trinajstić information content (AvgIpc) is 3.36. The maximum absolute atomic E-state index is 12.9. The summed E-state index contributed by atoms with van der Waals surface area (Å²) in [6.07, 6.45) is 1.64. The molecule has 34 heavy (non-hydrogen) atoms. The summed E-state index contributed by atoms with van der Waals surface area (Å²) in [7, 11) is 3.02. The van der Waals surface area contributed by atoms with Gasteiger partial charge >= 0.3 is 0 Å². The number of hydrogen-bond acceptors (Lipinski definition) is 6. The van der Waals surface area contributed by atoms with Gasteiger partial charge in [-0.3, -0.25) is 9.59 Å². The quantitative estimate of drug-likeness (QED) is 0.333. The lowest BCUT2D eigenvalue weighted by Crippen LogP contribution is -2.36. The Morgan fingerprint density at radius 2 is 1.76 bits per heavy atom. The lowest BCUT2D eigenvalue weighted by molar-refractivity contribution is -0.117. The molecule has 0 atom stereocenters. The van der Waals surface area contributed by atoms with Crippen LogP contribution in [0.15, 0.2) is 59.6 Å².